The molecule has 26 heavy (non-hydrogen) atoms. The van der Waals surface area contributed by atoms with E-state index in [-0.39, 0.29) is 5.91 Å². The Hall–Kier alpha value is -2.27. The molecule has 1 aromatic heterocycles. The molecule has 136 valence electrons. The summed E-state index contributed by atoms with van der Waals surface area (Å²) in [6, 6.07) is 9.83. The largest absolute Gasteiger partial charge is 0.300 e. The van der Waals surface area contributed by atoms with Gasteiger partial charge >= 0.3 is 0 Å². The first-order chi connectivity index (χ1) is 12.7. The maximum Gasteiger partial charge on any atom is 0.258 e. The summed E-state index contributed by atoms with van der Waals surface area (Å²) < 4.78 is 0. The van der Waals surface area contributed by atoms with Gasteiger partial charge in [0.15, 0.2) is 0 Å². The Balaban J connectivity index is 1.50. The van der Waals surface area contributed by atoms with Gasteiger partial charge in [-0.2, -0.15) is 0 Å². The summed E-state index contributed by atoms with van der Waals surface area (Å²) >= 11 is 0. The van der Waals surface area contributed by atoms with Gasteiger partial charge in [0.25, 0.3) is 5.91 Å². The molecule has 0 bridgehead atoms. The third-order valence-corrected chi connectivity index (χ3v) is 5.64. The van der Waals surface area contributed by atoms with Crippen molar-refractivity contribution in [1.29, 1.82) is 0 Å². The predicted molar refractivity (Wildman–Crippen MR) is 102 cm³/mol. The van der Waals surface area contributed by atoms with E-state index >= 15 is 0 Å². The Labute approximate surface area is 154 Å². The van der Waals surface area contributed by atoms with Gasteiger partial charge < -0.3 is 0 Å². The van der Waals surface area contributed by atoms with Crippen LogP contribution in [0.25, 0.3) is 0 Å². The van der Waals surface area contributed by atoms with Crippen LogP contribution in [0.1, 0.15) is 47.8 Å². The van der Waals surface area contributed by atoms with E-state index in [4.69, 9.17) is 0 Å². The van der Waals surface area contributed by atoms with Gasteiger partial charge in [0.1, 0.15) is 0 Å². The number of aromatic nitrogens is 2. The Bertz CT molecular complexity index is 775. The third-order valence-electron chi connectivity index (χ3n) is 5.64. The monoisotopic (exact) mass is 350 g/mol. The summed E-state index contributed by atoms with van der Waals surface area (Å²) in [7, 11) is 0. The van der Waals surface area contributed by atoms with Gasteiger partial charge in [-0.05, 0) is 68.8 Å². The number of nitrogens with one attached hydrogen (secondary N) is 1. The molecule has 1 fully saturated rings. The molecule has 0 saturated carbocycles. The van der Waals surface area contributed by atoms with Crippen LogP contribution in [0.15, 0.2) is 36.5 Å². The van der Waals surface area contributed by atoms with E-state index in [1.54, 1.807) is 12.1 Å². The van der Waals surface area contributed by atoms with E-state index in [2.05, 4.69) is 27.1 Å². The number of carbonyl (C=O) groups is 1. The number of hydrogen-bond donors (Lipinski definition) is 1. The van der Waals surface area contributed by atoms with Crippen molar-refractivity contribution in [2.75, 3.05) is 18.4 Å². The lowest BCUT2D eigenvalue weighted by Gasteiger charge is -2.44. The van der Waals surface area contributed by atoms with Gasteiger partial charge in [-0.3, -0.25) is 15.0 Å². The molecule has 5 heteroatoms. The molecule has 2 aliphatic rings. The van der Waals surface area contributed by atoms with Crippen LogP contribution in [0.4, 0.5) is 5.95 Å². The number of piperidine rings is 1. The van der Waals surface area contributed by atoms with E-state index < -0.39 is 0 Å². The standard InChI is InChI=1S/C21H26N4O/c1-2-10-25-11-6-9-16-12-18-17(13-19(16)25)14-22-21(23-18)24-20(26)15-7-4-3-5-8-15/h3-5,7-8,14,16,19H,2,6,9-13H2,1H3,(H,22,23,24,26). The Morgan fingerprint density at radius 2 is 2.12 bits per heavy atom. The van der Waals surface area contributed by atoms with Gasteiger partial charge in [0.2, 0.25) is 5.95 Å². The van der Waals surface area contributed by atoms with Crippen LogP contribution < -0.4 is 5.32 Å². The van der Waals surface area contributed by atoms with Crippen molar-refractivity contribution in [2.24, 2.45) is 5.92 Å². The maximum atomic E-state index is 12.3. The first-order valence-corrected chi connectivity index (χ1v) is 9.70. The van der Waals surface area contributed by atoms with Gasteiger partial charge in [-0.1, -0.05) is 25.1 Å². The fraction of sp³-hybridized carbons (Fsp3) is 0.476. The summed E-state index contributed by atoms with van der Waals surface area (Å²) in [6.07, 6.45) is 7.71. The lowest BCUT2D eigenvalue weighted by atomic mass is 9.77. The highest BCUT2D eigenvalue weighted by atomic mass is 16.1. The molecule has 1 aromatic carbocycles. The lowest BCUT2D eigenvalue weighted by molar-refractivity contribution is 0.0845. The molecular formula is C21H26N4O. The topological polar surface area (TPSA) is 58.1 Å². The van der Waals surface area contributed by atoms with Crippen molar-refractivity contribution in [3.8, 4) is 0 Å². The van der Waals surface area contributed by atoms with Crippen LogP contribution in [-0.4, -0.2) is 39.9 Å². The number of rotatable bonds is 4. The second kappa shape index (κ2) is 7.54. The third kappa shape index (κ3) is 3.49. The minimum absolute atomic E-state index is 0.161. The molecule has 1 aliphatic heterocycles. The molecule has 2 atom stereocenters. The van der Waals surface area contributed by atoms with Gasteiger partial charge in [0.05, 0.1) is 0 Å². The summed E-state index contributed by atoms with van der Waals surface area (Å²) in [5, 5.41) is 2.84. The highest BCUT2D eigenvalue weighted by Crippen LogP contribution is 2.34. The molecule has 2 aromatic rings. The number of benzene rings is 1. The maximum absolute atomic E-state index is 12.3. The van der Waals surface area contributed by atoms with E-state index in [0.717, 1.165) is 18.5 Å². The molecule has 4 rings (SSSR count). The Morgan fingerprint density at radius 3 is 2.92 bits per heavy atom. The zero-order chi connectivity index (χ0) is 17.9. The van der Waals surface area contributed by atoms with Gasteiger partial charge in [-0.15, -0.1) is 0 Å². The van der Waals surface area contributed by atoms with Crippen molar-refractivity contribution >= 4 is 11.9 Å². The normalized spacial score (nSPS) is 22.3. The lowest BCUT2D eigenvalue weighted by Crippen LogP contribution is -2.49. The zero-order valence-corrected chi connectivity index (χ0v) is 15.3. The zero-order valence-electron chi connectivity index (χ0n) is 15.3. The summed E-state index contributed by atoms with van der Waals surface area (Å²) in [6.45, 7) is 4.66. The first kappa shape index (κ1) is 17.2. The average molecular weight is 350 g/mol. The Morgan fingerprint density at radius 1 is 1.27 bits per heavy atom. The molecule has 1 N–H and O–H groups in total. The number of hydrogen-bond acceptors (Lipinski definition) is 4. The minimum Gasteiger partial charge on any atom is -0.300 e. The molecular weight excluding hydrogens is 324 g/mol. The number of fused-ring (bicyclic) bond motifs is 2. The van der Waals surface area contributed by atoms with E-state index in [0.29, 0.717) is 23.5 Å². The van der Waals surface area contributed by atoms with Crippen LogP contribution in [0, 0.1) is 5.92 Å². The highest BCUT2D eigenvalue weighted by molar-refractivity contribution is 6.03. The molecule has 5 nitrogen and oxygen atoms in total. The molecule has 0 radical (unpaired) electrons. The first-order valence-electron chi connectivity index (χ1n) is 9.70. The van der Waals surface area contributed by atoms with Crippen LogP contribution >= 0.6 is 0 Å². The second-order valence-corrected chi connectivity index (χ2v) is 7.40. The molecule has 2 unspecified atom stereocenters. The van der Waals surface area contributed by atoms with Crippen molar-refractivity contribution < 1.29 is 4.79 Å². The highest BCUT2D eigenvalue weighted by Gasteiger charge is 2.35. The average Bonchev–Trinajstić information content (AvgIpc) is 2.67. The number of carbonyl (C=O) groups excluding carboxylic acids is 1. The van der Waals surface area contributed by atoms with Crippen molar-refractivity contribution in [2.45, 2.75) is 45.1 Å². The SMILES string of the molecule is CCCN1CCCC2Cc3nc(NC(=O)c4ccccc4)ncc3CC21. The van der Waals surface area contributed by atoms with Crippen molar-refractivity contribution in [3.05, 3.63) is 53.3 Å². The molecule has 0 spiro atoms. The molecule has 2 heterocycles. The van der Waals surface area contributed by atoms with E-state index in [1.165, 1.54) is 37.9 Å². The fourth-order valence-corrected chi connectivity index (χ4v) is 4.40. The van der Waals surface area contributed by atoms with E-state index in [9.17, 15) is 4.79 Å². The van der Waals surface area contributed by atoms with Crippen molar-refractivity contribution in [1.82, 2.24) is 14.9 Å². The quantitative estimate of drug-likeness (QED) is 0.919. The number of likely N-dealkylation sites (tertiary alicyclic amines) is 1. The molecule has 1 amide bonds. The summed E-state index contributed by atoms with van der Waals surface area (Å²) in [5.41, 5.74) is 2.98. The smallest absolute Gasteiger partial charge is 0.258 e. The van der Waals surface area contributed by atoms with Gasteiger partial charge in [-0.25, -0.2) is 9.97 Å². The predicted octanol–water partition coefficient (Wildman–Crippen LogP) is 3.32. The fourth-order valence-electron chi connectivity index (χ4n) is 4.40. The number of anilines is 1. The molecule has 1 aliphatic carbocycles. The van der Waals surface area contributed by atoms with Crippen LogP contribution in [0.2, 0.25) is 0 Å². The second-order valence-electron chi connectivity index (χ2n) is 7.40. The van der Waals surface area contributed by atoms with E-state index in [1.807, 2.05) is 24.4 Å². The minimum atomic E-state index is -0.161. The van der Waals surface area contributed by atoms with Crippen LogP contribution in [0.3, 0.4) is 0 Å². The molecule has 1 saturated heterocycles. The summed E-state index contributed by atoms with van der Waals surface area (Å²) in [4.78, 5) is 24.1. The van der Waals surface area contributed by atoms with Gasteiger partial charge in [0, 0.05) is 23.5 Å². The van der Waals surface area contributed by atoms with Crippen molar-refractivity contribution in [3.63, 3.8) is 0 Å². The Kier molecular flexibility index (Phi) is 4.98. The van der Waals surface area contributed by atoms with Crippen LogP contribution in [0.5, 0.6) is 0 Å². The number of amides is 1. The number of nitrogens with zero attached hydrogens (tertiary/aromatic N) is 3. The van der Waals surface area contributed by atoms with Crippen LogP contribution in [-0.2, 0) is 12.8 Å². The summed E-state index contributed by atoms with van der Waals surface area (Å²) in [5.74, 6) is 0.929.